The second kappa shape index (κ2) is 6.06. The van der Waals surface area contributed by atoms with Crippen molar-refractivity contribution in [3.63, 3.8) is 0 Å². The van der Waals surface area contributed by atoms with Crippen molar-refractivity contribution in [1.29, 1.82) is 0 Å². The summed E-state index contributed by atoms with van der Waals surface area (Å²) in [6.45, 7) is 0.525. The molecule has 0 radical (unpaired) electrons. The van der Waals surface area contributed by atoms with E-state index in [2.05, 4.69) is 5.32 Å². The highest BCUT2D eigenvalue weighted by molar-refractivity contribution is 5.79. The van der Waals surface area contributed by atoms with E-state index in [0.717, 1.165) is 37.0 Å². The summed E-state index contributed by atoms with van der Waals surface area (Å²) < 4.78 is 5.16. The molecule has 1 saturated carbocycles. The van der Waals surface area contributed by atoms with Crippen LogP contribution in [0.4, 0.5) is 0 Å². The number of nitrogens with two attached hydrogens (primary N) is 1. The van der Waals surface area contributed by atoms with Gasteiger partial charge in [0.25, 0.3) is 0 Å². The predicted octanol–water partition coefficient (Wildman–Crippen LogP) is 1.63. The number of rotatable bonds is 5. The third-order valence-corrected chi connectivity index (χ3v) is 3.85. The molecule has 1 aromatic rings. The third kappa shape index (κ3) is 3.47. The largest absolute Gasteiger partial charge is 0.497 e. The van der Waals surface area contributed by atoms with E-state index < -0.39 is 0 Å². The highest BCUT2D eigenvalue weighted by Gasteiger charge is 2.33. The zero-order chi connectivity index (χ0) is 13.7. The molecular formula is C15H22N2O2. The van der Waals surface area contributed by atoms with Gasteiger partial charge >= 0.3 is 0 Å². The standard InChI is InChI=1S/C15H22N2O2/c1-19-13-6-4-5-12(9-13)10-14(18)17-15(11-16)7-2-3-8-15/h4-6,9H,2-3,7-8,10-11,16H2,1H3,(H,17,18). The van der Waals surface area contributed by atoms with Crippen molar-refractivity contribution >= 4 is 5.91 Å². The molecule has 4 heteroatoms. The smallest absolute Gasteiger partial charge is 0.224 e. The van der Waals surface area contributed by atoms with Crippen molar-refractivity contribution in [2.75, 3.05) is 13.7 Å². The van der Waals surface area contributed by atoms with Gasteiger partial charge in [-0.05, 0) is 30.5 Å². The highest BCUT2D eigenvalue weighted by atomic mass is 16.5. The minimum atomic E-state index is -0.171. The van der Waals surface area contributed by atoms with Crippen LogP contribution in [0.15, 0.2) is 24.3 Å². The summed E-state index contributed by atoms with van der Waals surface area (Å²) in [5.74, 6) is 0.820. The summed E-state index contributed by atoms with van der Waals surface area (Å²) in [5.41, 5.74) is 6.61. The minimum absolute atomic E-state index is 0.0422. The Morgan fingerprint density at radius 3 is 2.79 bits per heavy atom. The number of nitrogens with one attached hydrogen (secondary N) is 1. The van der Waals surface area contributed by atoms with E-state index in [1.165, 1.54) is 0 Å². The lowest BCUT2D eigenvalue weighted by atomic mass is 9.97. The van der Waals surface area contributed by atoms with Crippen LogP contribution in [0.2, 0.25) is 0 Å². The fraction of sp³-hybridized carbons (Fsp3) is 0.533. The number of ether oxygens (including phenoxy) is 1. The van der Waals surface area contributed by atoms with E-state index >= 15 is 0 Å². The van der Waals surface area contributed by atoms with Crippen LogP contribution in [-0.4, -0.2) is 25.1 Å². The van der Waals surface area contributed by atoms with Crippen LogP contribution in [0.3, 0.4) is 0 Å². The van der Waals surface area contributed by atoms with E-state index in [0.29, 0.717) is 13.0 Å². The van der Waals surface area contributed by atoms with Gasteiger partial charge in [-0.15, -0.1) is 0 Å². The summed E-state index contributed by atoms with van der Waals surface area (Å²) in [6, 6.07) is 7.60. The summed E-state index contributed by atoms with van der Waals surface area (Å²) >= 11 is 0. The van der Waals surface area contributed by atoms with Crippen molar-refractivity contribution in [3.05, 3.63) is 29.8 Å². The summed E-state index contributed by atoms with van der Waals surface area (Å²) in [4.78, 5) is 12.1. The van der Waals surface area contributed by atoms with Crippen molar-refractivity contribution in [3.8, 4) is 5.75 Å². The van der Waals surface area contributed by atoms with Gasteiger partial charge < -0.3 is 15.8 Å². The van der Waals surface area contributed by atoms with Crippen LogP contribution >= 0.6 is 0 Å². The van der Waals surface area contributed by atoms with Gasteiger partial charge in [0.15, 0.2) is 0 Å². The number of carbonyl (C=O) groups excluding carboxylic acids is 1. The summed E-state index contributed by atoms with van der Waals surface area (Å²) in [7, 11) is 1.63. The van der Waals surface area contributed by atoms with Crippen LogP contribution in [0.1, 0.15) is 31.2 Å². The van der Waals surface area contributed by atoms with Gasteiger partial charge in [0, 0.05) is 6.54 Å². The molecule has 0 aromatic heterocycles. The van der Waals surface area contributed by atoms with Crippen LogP contribution in [0, 0.1) is 0 Å². The maximum atomic E-state index is 12.1. The van der Waals surface area contributed by atoms with E-state index in [-0.39, 0.29) is 11.4 Å². The second-order valence-electron chi connectivity index (χ2n) is 5.27. The van der Waals surface area contributed by atoms with Gasteiger partial charge in [0.1, 0.15) is 5.75 Å². The molecule has 0 aliphatic heterocycles. The molecule has 0 saturated heterocycles. The molecule has 1 aliphatic carbocycles. The molecule has 3 N–H and O–H groups in total. The number of hydrogen-bond donors (Lipinski definition) is 2. The molecule has 0 bridgehead atoms. The number of hydrogen-bond acceptors (Lipinski definition) is 3. The molecule has 1 aliphatic rings. The first-order valence-corrected chi connectivity index (χ1v) is 6.81. The molecule has 1 amide bonds. The van der Waals surface area contributed by atoms with Crippen LogP contribution in [0.5, 0.6) is 5.75 Å². The van der Waals surface area contributed by atoms with E-state index in [9.17, 15) is 4.79 Å². The molecule has 2 rings (SSSR count). The van der Waals surface area contributed by atoms with Crippen LogP contribution in [0.25, 0.3) is 0 Å². The molecule has 104 valence electrons. The number of carbonyl (C=O) groups is 1. The summed E-state index contributed by atoms with van der Waals surface area (Å²) in [6.07, 6.45) is 4.66. The number of amides is 1. The van der Waals surface area contributed by atoms with E-state index in [1.54, 1.807) is 7.11 Å². The average molecular weight is 262 g/mol. The first kappa shape index (κ1) is 13.9. The van der Waals surface area contributed by atoms with Crippen molar-refractivity contribution in [2.24, 2.45) is 5.73 Å². The second-order valence-corrected chi connectivity index (χ2v) is 5.27. The Bertz CT molecular complexity index is 440. The van der Waals surface area contributed by atoms with Crippen molar-refractivity contribution in [1.82, 2.24) is 5.32 Å². The zero-order valence-corrected chi connectivity index (χ0v) is 11.4. The number of methoxy groups -OCH3 is 1. The Hall–Kier alpha value is -1.55. The molecule has 0 unspecified atom stereocenters. The molecule has 0 heterocycles. The third-order valence-electron chi connectivity index (χ3n) is 3.85. The van der Waals surface area contributed by atoms with Gasteiger partial charge in [-0.2, -0.15) is 0 Å². The van der Waals surface area contributed by atoms with Crippen molar-refractivity contribution < 1.29 is 9.53 Å². The Labute approximate surface area is 114 Å². The molecular weight excluding hydrogens is 240 g/mol. The lowest BCUT2D eigenvalue weighted by molar-refractivity contribution is -0.122. The molecule has 19 heavy (non-hydrogen) atoms. The predicted molar refractivity (Wildman–Crippen MR) is 75.1 cm³/mol. The minimum Gasteiger partial charge on any atom is -0.497 e. The fourth-order valence-electron chi connectivity index (χ4n) is 2.74. The Kier molecular flexibility index (Phi) is 4.43. The van der Waals surface area contributed by atoms with Gasteiger partial charge in [0.2, 0.25) is 5.91 Å². The molecule has 4 nitrogen and oxygen atoms in total. The SMILES string of the molecule is COc1cccc(CC(=O)NC2(CN)CCCC2)c1. The Morgan fingerprint density at radius 1 is 1.42 bits per heavy atom. The van der Waals surface area contributed by atoms with Crippen LogP contribution < -0.4 is 15.8 Å². The Balaban J connectivity index is 1.96. The Morgan fingerprint density at radius 2 is 2.16 bits per heavy atom. The first-order chi connectivity index (χ1) is 9.17. The quantitative estimate of drug-likeness (QED) is 0.847. The fourth-order valence-corrected chi connectivity index (χ4v) is 2.74. The van der Waals surface area contributed by atoms with E-state index in [1.807, 2.05) is 24.3 Å². The monoisotopic (exact) mass is 262 g/mol. The molecule has 1 fully saturated rings. The first-order valence-electron chi connectivity index (χ1n) is 6.81. The molecule has 1 aromatic carbocycles. The highest BCUT2D eigenvalue weighted by Crippen LogP contribution is 2.28. The topological polar surface area (TPSA) is 64.3 Å². The maximum Gasteiger partial charge on any atom is 0.224 e. The molecule has 0 spiro atoms. The van der Waals surface area contributed by atoms with Gasteiger partial charge in [-0.1, -0.05) is 25.0 Å². The summed E-state index contributed by atoms with van der Waals surface area (Å²) in [5, 5.41) is 3.12. The lowest BCUT2D eigenvalue weighted by Gasteiger charge is -2.28. The van der Waals surface area contributed by atoms with Crippen LogP contribution in [-0.2, 0) is 11.2 Å². The lowest BCUT2D eigenvalue weighted by Crippen LogP contribution is -2.52. The van der Waals surface area contributed by atoms with Crippen molar-refractivity contribution in [2.45, 2.75) is 37.6 Å². The van der Waals surface area contributed by atoms with Gasteiger partial charge in [0.05, 0.1) is 19.1 Å². The zero-order valence-electron chi connectivity index (χ0n) is 11.4. The average Bonchev–Trinajstić information content (AvgIpc) is 2.88. The normalized spacial score (nSPS) is 17.2. The van der Waals surface area contributed by atoms with Gasteiger partial charge in [-0.25, -0.2) is 0 Å². The van der Waals surface area contributed by atoms with E-state index in [4.69, 9.17) is 10.5 Å². The maximum absolute atomic E-state index is 12.1. The van der Waals surface area contributed by atoms with Gasteiger partial charge in [-0.3, -0.25) is 4.79 Å². The number of benzene rings is 1. The molecule has 0 atom stereocenters.